The van der Waals surface area contributed by atoms with Crippen LogP contribution < -0.4 is 5.32 Å². The highest BCUT2D eigenvalue weighted by Crippen LogP contribution is 2.38. The molecule has 2 aromatic rings. The van der Waals surface area contributed by atoms with Crippen molar-refractivity contribution in [2.45, 2.75) is 39.7 Å². The zero-order chi connectivity index (χ0) is 24.7. The van der Waals surface area contributed by atoms with Crippen molar-refractivity contribution < 1.29 is 23.9 Å². The third kappa shape index (κ3) is 5.72. The molecule has 0 saturated heterocycles. The van der Waals surface area contributed by atoms with Gasteiger partial charge in [-0.3, -0.25) is 9.59 Å². The lowest BCUT2D eigenvalue weighted by atomic mass is 9.81. The number of hydrogen-bond donors (Lipinski definition) is 1. The van der Waals surface area contributed by atoms with Crippen LogP contribution in [0.3, 0.4) is 0 Å². The lowest BCUT2D eigenvalue weighted by Crippen LogP contribution is -2.38. The molecule has 3 rings (SSSR count). The Hall–Kier alpha value is -3.45. The summed E-state index contributed by atoms with van der Waals surface area (Å²) in [5, 5.41) is 2.78. The number of esters is 1. The number of carbonyl (C=O) groups is 3. The van der Waals surface area contributed by atoms with Crippen molar-refractivity contribution in [3.05, 3.63) is 82.1 Å². The van der Waals surface area contributed by atoms with Crippen molar-refractivity contribution in [3.63, 3.8) is 0 Å². The van der Waals surface area contributed by atoms with Gasteiger partial charge >= 0.3 is 5.97 Å². The number of aryl methyl sites for hydroxylation is 1. The van der Waals surface area contributed by atoms with E-state index in [1.807, 2.05) is 43.3 Å². The van der Waals surface area contributed by atoms with Gasteiger partial charge in [0.15, 0.2) is 0 Å². The number of methoxy groups -OCH3 is 1. The monoisotopic (exact) mass is 464 g/mol. The van der Waals surface area contributed by atoms with Gasteiger partial charge in [-0.15, -0.1) is 0 Å². The molecule has 0 bridgehead atoms. The van der Waals surface area contributed by atoms with Gasteiger partial charge in [-0.1, -0.05) is 36.4 Å². The molecule has 1 unspecified atom stereocenters. The molecule has 7 heteroatoms. The van der Waals surface area contributed by atoms with E-state index in [4.69, 9.17) is 9.47 Å². The number of rotatable bonds is 9. The fraction of sp³-hybridized carbons (Fsp3) is 0.370. The lowest BCUT2D eigenvalue weighted by molar-refractivity contribution is -0.140. The standard InChI is InChI=1S/C27H32N2O5/c1-5-34-27(32)25-19(3)29(24(30)16-23(25)22-9-7-6-8-18(22)2)17-20-10-12-21(13-11-20)26(31)28-14-15-33-4/h6-13,23H,5,14-17H2,1-4H3,(H,28,31). The van der Waals surface area contributed by atoms with Crippen molar-refractivity contribution in [2.24, 2.45) is 0 Å². The molecule has 2 amide bonds. The third-order valence-corrected chi connectivity index (χ3v) is 6.03. The molecular formula is C27H32N2O5. The molecule has 1 heterocycles. The highest BCUT2D eigenvalue weighted by atomic mass is 16.5. The summed E-state index contributed by atoms with van der Waals surface area (Å²) in [5.74, 6) is -0.976. The smallest absolute Gasteiger partial charge is 0.336 e. The van der Waals surface area contributed by atoms with Crippen LogP contribution >= 0.6 is 0 Å². The van der Waals surface area contributed by atoms with Crippen molar-refractivity contribution in [2.75, 3.05) is 26.9 Å². The van der Waals surface area contributed by atoms with Crippen LogP contribution in [-0.2, 0) is 25.6 Å². The molecule has 0 radical (unpaired) electrons. The number of nitrogens with one attached hydrogen (secondary N) is 1. The number of carbonyl (C=O) groups excluding carboxylic acids is 3. The average Bonchev–Trinajstić information content (AvgIpc) is 2.82. The van der Waals surface area contributed by atoms with Crippen LogP contribution in [0.25, 0.3) is 0 Å². The van der Waals surface area contributed by atoms with Crippen LogP contribution in [-0.4, -0.2) is 49.6 Å². The van der Waals surface area contributed by atoms with E-state index in [0.717, 1.165) is 16.7 Å². The largest absolute Gasteiger partial charge is 0.463 e. The molecule has 0 spiro atoms. The van der Waals surface area contributed by atoms with Gasteiger partial charge in [0.2, 0.25) is 5.91 Å². The molecular weight excluding hydrogens is 432 g/mol. The predicted octanol–water partition coefficient (Wildman–Crippen LogP) is 3.72. The summed E-state index contributed by atoms with van der Waals surface area (Å²) in [6.45, 7) is 7.00. The number of amides is 2. The second-order valence-corrected chi connectivity index (χ2v) is 8.26. The van der Waals surface area contributed by atoms with E-state index in [1.54, 1.807) is 38.0 Å². The van der Waals surface area contributed by atoms with Crippen molar-refractivity contribution in [3.8, 4) is 0 Å². The van der Waals surface area contributed by atoms with E-state index in [-0.39, 0.29) is 30.8 Å². The third-order valence-electron chi connectivity index (χ3n) is 6.03. The van der Waals surface area contributed by atoms with Crippen LogP contribution in [0.5, 0.6) is 0 Å². The molecule has 0 aromatic heterocycles. The van der Waals surface area contributed by atoms with E-state index in [2.05, 4.69) is 5.32 Å². The van der Waals surface area contributed by atoms with Crippen LogP contribution in [0, 0.1) is 6.92 Å². The molecule has 0 saturated carbocycles. The fourth-order valence-electron chi connectivity index (χ4n) is 4.23. The van der Waals surface area contributed by atoms with Gasteiger partial charge in [-0.2, -0.15) is 0 Å². The number of hydrogen-bond acceptors (Lipinski definition) is 5. The Balaban J connectivity index is 1.87. The quantitative estimate of drug-likeness (QED) is 0.452. The summed E-state index contributed by atoms with van der Waals surface area (Å²) in [7, 11) is 1.58. The zero-order valence-electron chi connectivity index (χ0n) is 20.2. The van der Waals surface area contributed by atoms with Crippen LogP contribution in [0.15, 0.2) is 59.8 Å². The van der Waals surface area contributed by atoms with E-state index < -0.39 is 5.97 Å². The molecule has 34 heavy (non-hydrogen) atoms. The Kier molecular flexibility index (Phi) is 8.60. The van der Waals surface area contributed by atoms with E-state index >= 15 is 0 Å². The Morgan fingerprint density at radius 2 is 1.79 bits per heavy atom. The molecule has 1 N–H and O–H groups in total. The van der Waals surface area contributed by atoms with Crippen molar-refractivity contribution >= 4 is 17.8 Å². The van der Waals surface area contributed by atoms with Gasteiger partial charge in [0.1, 0.15) is 0 Å². The first kappa shape index (κ1) is 25.2. The first-order valence-corrected chi connectivity index (χ1v) is 11.5. The average molecular weight is 465 g/mol. The van der Waals surface area contributed by atoms with Gasteiger partial charge < -0.3 is 19.7 Å². The van der Waals surface area contributed by atoms with Gasteiger partial charge in [0, 0.05) is 37.3 Å². The Morgan fingerprint density at radius 3 is 2.44 bits per heavy atom. The Labute approximate surface area is 200 Å². The van der Waals surface area contributed by atoms with Crippen LogP contribution in [0.2, 0.25) is 0 Å². The van der Waals surface area contributed by atoms with E-state index in [0.29, 0.717) is 36.5 Å². The summed E-state index contributed by atoms with van der Waals surface area (Å²) < 4.78 is 10.3. The maximum Gasteiger partial charge on any atom is 0.336 e. The molecule has 0 aliphatic carbocycles. The maximum atomic E-state index is 13.2. The summed E-state index contributed by atoms with van der Waals surface area (Å²) in [5.41, 5.74) is 4.50. The lowest BCUT2D eigenvalue weighted by Gasteiger charge is -2.35. The second-order valence-electron chi connectivity index (χ2n) is 8.26. The van der Waals surface area contributed by atoms with Crippen LogP contribution in [0.4, 0.5) is 0 Å². The van der Waals surface area contributed by atoms with Gasteiger partial charge in [-0.25, -0.2) is 4.79 Å². The predicted molar refractivity (Wildman–Crippen MR) is 129 cm³/mol. The van der Waals surface area contributed by atoms with E-state index in [9.17, 15) is 14.4 Å². The normalized spacial score (nSPS) is 15.9. The Bertz CT molecular complexity index is 1070. The van der Waals surface area contributed by atoms with E-state index in [1.165, 1.54) is 0 Å². The second kappa shape index (κ2) is 11.6. The topological polar surface area (TPSA) is 84.9 Å². The first-order valence-electron chi connectivity index (χ1n) is 11.5. The van der Waals surface area contributed by atoms with Gasteiger partial charge in [0.25, 0.3) is 5.91 Å². The van der Waals surface area contributed by atoms with Crippen LogP contribution in [0.1, 0.15) is 53.2 Å². The Morgan fingerprint density at radius 1 is 1.09 bits per heavy atom. The summed E-state index contributed by atoms with van der Waals surface area (Å²) in [6, 6.07) is 14.9. The zero-order valence-corrected chi connectivity index (χ0v) is 20.2. The molecule has 1 aliphatic heterocycles. The molecule has 7 nitrogen and oxygen atoms in total. The molecule has 1 atom stereocenters. The van der Waals surface area contributed by atoms with Gasteiger partial charge in [-0.05, 0) is 49.6 Å². The summed E-state index contributed by atoms with van der Waals surface area (Å²) >= 11 is 0. The SMILES string of the molecule is CCOC(=O)C1=C(C)N(Cc2ccc(C(=O)NCCOC)cc2)C(=O)CC1c1ccccc1C. The summed E-state index contributed by atoms with van der Waals surface area (Å²) in [6.07, 6.45) is 0.191. The maximum absolute atomic E-state index is 13.2. The number of allylic oxidation sites excluding steroid dienone is 1. The molecule has 1 aliphatic rings. The highest BCUT2D eigenvalue weighted by Gasteiger charge is 2.37. The minimum Gasteiger partial charge on any atom is -0.463 e. The van der Waals surface area contributed by atoms with Crippen molar-refractivity contribution in [1.82, 2.24) is 10.2 Å². The minimum atomic E-state index is -0.395. The van der Waals surface area contributed by atoms with Gasteiger partial charge in [0.05, 0.1) is 25.3 Å². The van der Waals surface area contributed by atoms with Crippen molar-refractivity contribution in [1.29, 1.82) is 0 Å². The molecule has 2 aromatic carbocycles. The fourth-order valence-corrected chi connectivity index (χ4v) is 4.23. The summed E-state index contributed by atoms with van der Waals surface area (Å²) in [4.78, 5) is 40.0. The molecule has 0 fully saturated rings. The number of nitrogens with zero attached hydrogens (tertiary/aromatic N) is 1. The number of benzene rings is 2. The number of ether oxygens (including phenoxy) is 2. The minimum absolute atomic E-state index is 0.0554. The molecule has 180 valence electrons. The first-order chi connectivity index (χ1) is 16.4. The highest BCUT2D eigenvalue weighted by molar-refractivity contribution is 5.96.